The first kappa shape index (κ1) is 18.8. The number of sulfonamides is 1. The van der Waals surface area contributed by atoms with Crippen LogP contribution < -0.4 is 0 Å². The summed E-state index contributed by atoms with van der Waals surface area (Å²) >= 11 is 0. The van der Waals surface area contributed by atoms with Crippen LogP contribution >= 0.6 is 0 Å². The molecule has 1 aliphatic carbocycles. The van der Waals surface area contributed by atoms with Gasteiger partial charge in [0, 0.05) is 18.5 Å². The van der Waals surface area contributed by atoms with Crippen molar-refractivity contribution in [2.24, 2.45) is 10.3 Å². The number of likely N-dealkylation sites (tertiary alicyclic amines) is 1. The van der Waals surface area contributed by atoms with Crippen LogP contribution in [0.3, 0.4) is 0 Å². The summed E-state index contributed by atoms with van der Waals surface area (Å²) in [5.41, 5.74) is 0. The standard InChI is InChI=1S/C18H34N2O2S/c1-14(2)23(21,22)19-18(13-17-11-6-5-7-12-17)20-15(3)9-8-10-16(20)4/h14-17H,5-13H2,1-4H3/t15-,16+. The molecule has 0 bridgehead atoms. The molecule has 5 heteroatoms. The lowest BCUT2D eigenvalue weighted by Gasteiger charge is -2.42. The minimum Gasteiger partial charge on any atom is -0.354 e. The Bertz CT molecular complexity index is 497. The fourth-order valence-electron chi connectivity index (χ4n) is 4.02. The van der Waals surface area contributed by atoms with Crippen LogP contribution in [0, 0.1) is 5.92 Å². The van der Waals surface area contributed by atoms with E-state index in [4.69, 9.17) is 0 Å². The molecular formula is C18H34N2O2S. The van der Waals surface area contributed by atoms with Crippen molar-refractivity contribution in [1.29, 1.82) is 0 Å². The molecule has 0 N–H and O–H groups in total. The Hall–Kier alpha value is -0.580. The van der Waals surface area contributed by atoms with Crippen LogP contribution in [0.5, 0.6) is 0 Å². The van der Waals surface area contributed by atoms with E-state index in [0.29, 0.717) is 18.0 Å². The summed E-state index contributed by atoms with van der Waals surface area (Å²) in [6, 6.07) is 0.784. The van der Waals surface area contributed by atoms with E-state index in [-0.39, 0.29) is 0 Å². The lowest BCUT2D eigenvalue weighted by Crippen LogP contribution is -2.48. The summed E-state index contributed by atoms with van der Waals surface area (Å²) in [5, 5.41) is -0.445. The number of rotatable bonds is 4. The molecule has 1 heterocycles. The molecule has 2 rings (SSSR count). The number of amidine groups is 1. The molecule has 0 spiro atoms. The largest absolute Gasteiger partial charge is 0.354 e. The topological polar surface area (TPSA) is 49.7 Å². The average molecular weight is 343 g/mol. The molecule has 2 fully saturated rings. The number of hydrogen-bond donors (Lipinski definition) is 0. The summed E-state index contributed by atoms with van der Waals surface area (Å²) in [6.45, 7) is 7.88. The van der Waals surface area contributed by atoms with Gasteiger partial charge in [0.25, 0.3) is 10.0 Å². The Labute approximate surface area is 142 Å². The summed E-state index contributed by atoms with van der Waals surface area (Å²) < 4.78 is 29.2. The Morgan fingerprint density at radius 1 is 1.00 bits per heavy atom. The fourth-order valence-corrected chi connectivity index (χ4v) is 4.70. The van der Waals surface area contributed by atoms with Crippen molar-refractivity contribution in [3.8, 4) is 0 Å². The van der Waals surface area contributed by atoms with Crippen LogP contribution in [-0.2, 0) is 10.0 Å². The quantitative estimate of drug-likeness (QED) is 0.563. The van der Waals surface area contributed by atoms with E-state index in [2.05, 4.69) is 23.1 Å². The van der Waals surface area contributed by atoms with Gasteiger partial charge < -0.3 is 4.90 Å². The molecule has 4 nitrogen and oxygen atoms in total. The fraction of sp³-hybridized carbons (Fsp3) is 0.944. The van der Waals surface area contributed by atoms with E-state index in [1.54, 1.807) is 13.8 Å². The lowest BCUT2D eigenvalue weighted by atomic mass is 9.85. The second-order valence-electron chi connectivity index (χ2n) is 7.82. The summed E-state index contributed by atoms with van der Waals surface area (Å²) in [7, 11) is -3.40. The van der Waals surface area contributed by atoms with Crippen molar-refractivity contribution in [2.75, 3.05) is 0 Å². The van der Waals surface area contributed by atoms with E-state index in [9.17, 15) is 8.42 Å². The van der Waals surface area contributed by atoms with E-state index in [1.807, 2.05) is 0 Å². The summed E-state index contributed by atoms with van der Waals surface area (Å²) in [4.78, 5) is 2.32. The Balaban J connectivity index is 2.28. The molecule has 0 amide bonds. The molecule has 2 aliphatic rings. The molecule has 23 heavy (non-hydrogen) atoms. The Morgan fingerprint density at radius 2 is 1.57 bits per heavy atom. The Kier molecular flexibility index (Phi) is 6.52. The van der Waals surface area contributed by atoms with Crippen LogP contribution in [0.15, 0.2) is 4.40 Å². The van der Waals surface area contributed by atoms with E-state index >= 15 is 0 Å². The van der Waals surface area contributed by atoms with Gasteiger partial charge in [0.2, 0.25) is 0 Å². The van der Waals surface area contributed by atoms with Crippen molar-refractivity contribution >= 4 is 15.9 Å². The zero-order valence-electron chi connectivity index (χ0n) is 15.3. The first-order valence-electron chi connectivity index (χ1n) is 9.42. The minimum absolute atomic E-state index is 0.392. The van der Waals surface area contributed by atoms with Crippen molar-refractivity contribution in [2.45, 2.75) is 103 Å². The molecule has 2 atom stereocenters. The lowest BCUT2D eigenvalue weighted by molar-refractivity contribution is 0.184. The van der Waals surface area contributed by atoms with Crippen LogP contribution in [0.25, 0.3) is 0 Å². The second kappa shape index (κ2) is 8.00. The monoisotopic (exact) mass is 342 g/mol. The van der Waals surface area contributed by atoms with Gasteiger partial charge in [-0.05, 0) is 52.9 Å². The van der Waals surface area contributed by atoms with Crippen LogP contribution in [0.1, 0.15) is 85.5 Å². The highest BCUT2D eigenvalue weighted by Gasteiger charge is 2.31. The van der Waals surface area contributed by atoms with Gasteiger partial charge in [-0.2, -0.15) is 4.40 Å². The maximum atomic E-state index is 12.4. The SMILES string of the molecule is CC(C)S(=O)(=O)N=C(CC1CCCCC1)N1[C@H](C)CCC[C@@H]1C. The molecule has 0 radical (unpaired) electrons. The van der Waals surface area contributed by atoms with Gasteiger partial charge in [-0.25, -0.2) is 8.42 Å². The van der Waals surface area contributed by atoms with Gasteiger partial charge in [-0.15, -0.1) is 0 Å². The highest BCUT2D eigenvalue weighted by Crippen LogP contribution is 2.31. The predicted octanol–water partition coefficient (Wildman–Crippen LogP) is 4.36. The molecule has 0 aromatic carbocycles. The van der Waals surface area contributed by atoms with E-state index in [1.165, 1.54) is 38.5 Å². The van der Waals surface area contributed by atoms with E-state index in [0.717, 1.165) is 25.1 Å². The third kappa shape index (κ3) is 4.94. The third-order valence-corrected chi connectivity index (χ3v) is 7.17. The van der Waals surface area contributed by atoms with Crippen LogP contribution in [-0.4, -0.2) is 36.5 Å². The number of piperidine rings is 1. The maximum absolute atomic E-state index is 12.4. The first-order chi connectivity index (χ1) is 10.8. The van der Waals surface area contributed by atoms with Crippen molar-refractivity contribution in [1.82, 2.24) is 4.90 Å². The molecule has 1 aliphatic heterocycles. The van der Waals surface area contributed by atoms with Crippen molar-refractivity contribution in [3.63, 3.8) is 0 Å². The number of hydrogen-bond acceptors (Lipinski definition) is 2. The molecule has 1 saturated heterocycles. The molecule has 0 aromatic heterocycles. The normalized spacial score (nSPS) is 28.4. The zero-order valence-corrected chi connectivity index (χ0v) is 16.1. The zero-order chi connectivity index (χ0) is 17.0. The third-order valence-electron chi connectivity index (χ3n) is 5.52. The minimum atomic E-state index is -3.40. The Morgan fingerprint density at radius 3 is 2.09 bits per heavy atom. The predicted molar refractivity (Wildman–Crippen MR) is 97.3 cm³/mol. The van der Waals surface area contributed by atoms with Gasteiger partial charge >= 0.3 is 0 Å². The number of nitrogens with zero attached hydrogens (tertiary/aromatic N) is 2. The van der Waals surface area contributed by atoms with Gasteiger partial charge in [-0.1, -0.05) is 32.1 Å². The maximum Gasteiger partial charge on any atom is 0.257 e. The highest BCUT2D eigenvalue weighted by molar-refractivity contribution is 7.90. The van der Waals surface area contributed by atoms with Gasteiger partial charge in [0.05, 0.1) is 5.25 Å². The van der Waals surface area contributed by atoms with Gasteiger partial charge in [-0.3, -0.25) is 0 Å². The molecule has 1 saturated carbocycles. The molecule has 0 aromatic rings. The summed E-state index contributed by atoms with van der Waals surface area (Å²) in [6.07, 6.45) is 10.6. The summed E-state index contributed by atoms with van der Waals surface area (Å²) in [5.74, 6) is 1.44. The van der Waals surface area contributed by atoms with Crippen LogP contribution in [0.4, 0.5) is 0 Å². The second-order valence-corrected chi connectivity index (χ2v) is 9.97. The molecule has 134 valence electrons. The highest BCUT2D eigenvalue weighted by atomic mass is 32.2. The average Bonchev–Trinajstić information content (AvgIpc) is 2.47. The molecule has 0 unspecified atom stereocenters. The van der Waals surface area contributed by atoms with Gasteiger partial charge in [0.1, 0.15) is 5.84 Å². The van der Waals surface area contributed by atoms with Crippen molar-refractivity contribution < 1.29 is 8.42 Å². The smallest absolute Gasteiger partial charge is 0.257 e. The van der Waals surface area contributed by atoms with E-state index < -0.39 is 15.3 Å². The molecular weight excluding hydrogens is 308 g/mol. The van der Waals surface area contributed by atoms with Gasteiger partial charge in [0.15, 0.2) is 0 Å². The van der Waals surface area contributed by atoms with Crippen LogP contribution in [0.2, 0.25) is 0 Å². The first-order valence-corrected chi connectivity index (χ1v) is 10.9. The van der Waals surface area contributed by atoms with Crippen molar-refractivity contribution in [3.05, 3.63) is 0 Å².